The van der Waals surface area contributed by atoms with Crippen molar-refractivity contribution in [3.8, 4) is 5.75 Å². The van der Waals surface area contributed by atoms with E-state index in [1.54, 1.807) is 7.11 Å². The Balaban J connectivity index is 1.06. The number of morpholine rings is 1. The molecule has 2 aliphatic heterocycles. The Hall–Kier alpha value is -3.94. The number of methoxy groups -OCH3 is 1. The molecule has 0 radical (unpaired) electrons. The molecular weight excluding hydrogens is 500 g/mol. The Kier molecular flexibility index (Phi) is 6.02. The first-order valence-electron chi connectivity index (χ1n) is 14.1. The summed E-state index contributed by atoms with van der Waals surface area (Å²) in [6.45, 7) is 7.16. The van der Waals surface area contributed by atoms with Crippen LogP contribution in [0.1, 0.15) is 54.1 Å². The standard InChI is InChI=1S/C33H34N4O3/c1-20-17-37(18-21(2)40-20)19-23-6-4-22(5-7-23)8-12-29-26-11-9-24(14-31(26)36-35-29)28-16-33(28)27-15-25(39-3)10-13-30(27)34-32(33)38/h4-15,20-21,28H,16-19H2,1-3H3,(H,34,38)(H,35,36)/b12-8+. The van der Waals surface area contributed by atoms with Crippen molar-refractivity contribution in [3.05, 3.63) is 88.6 Å². The van der Waals surface area contributed by atoms with Crippen LogP contribution in [-0.4, -0.2) is 53.4 Å². The maximum atomic E-state index is 13.0. The topological polar surface area (TPSA) is 79.5 Å². The number of hydrogen-bond donors (Lipinski definition) is 2. The van der Waals surface area contributed by atoms with Crippen molar-refractivity contribution in [1.82, 2.24) is 15.1 Å². The van der Waals surface area contributed by atoms with Crippen molar-refractivity contribution in [3.63, 3.8) is 0 Å². The van der Waals surface area contributed by atoms with E-state index < -0.39 is 5.41 Å². The monoisotopic (exact) mass is 534 g/mol. The van der Waals surface area contributed by atoms with Crippen LogP contribution >= 0.6 is 0 Å². The first kappa shape index (κ1) is 25.1. The zero-order chi connectivity index (χ0) is 27.4. The maximum Gasteiger partial charge on any atom is 0.235 e. The van der Waals surface area contributed by atoms with E-state index in [4.69, 9.17) is 9.47 Å². The van der Waals surface area contributed by atoms with E-state index >= 15 is 0 Å². The number of nitrogens with zero attached hydrogens (tertiary/aromatic N) is 2. The Morgan fingerprint density at radius 1 is 1.05 bits per heavy atom. The number of benzene rings is 3. The highest BCUT2D eigenvalue weighted by Crippen LogP contribution is 2.65. The molecule has 1 saturated heterocycles. The van der Waals surface area contributed by atoms with Crippen molar-refractivity contribution in [2.24, 2.45) is 0 Å². The average Bonchev–Trinajstić information content (AvgIpc) is 3.48. The quantitative estimate of drug-likeness (QED) is 0.330. The highest BCUT2D eigenvalue weighted by molar-refractivity contribution is 6.10. The second-order valence-electron chi connectivity index (χ2n) is 11.5. The third-order valence-electron chi connectivity index (χ3n) is 8.66. The molecule has 0 bridgehead atoms. The van der Waals surface area contributed by atoms with Gasteiger partial charge in [0.05, 0.1) is 35.9 Å². The average molecular weight is 535 g/mol. The lowest BCUT2D eigenvalue weighted by Gasteiger charge is -2.35. The molecule has 1 saturated carbocycles. The van der Waals surface area contributed by atoms with Gasteiger partial charge in [-0.3, -0.25) is 14.8 Å². The summed E-state index contributed by atoms with van der Waals surface area (Å²) < 4.78 is 11.3. The molecule has 1 spiro atoms. The maximum absolute atomic E-state index is 13.0. The molecule has 3 heterocycles. The molecule has 2 N–H and O–H groups in total. The molecule has 1 amide bonds. The summed E-state index contributed by atoms with van der Waals surface area (Å²) in [4.78, 5) is 15.5. The number of amides is 1. The molecule has 1 aromatic heterocycles. The number of nitrogens with one attached hydrogen (secondary N) is 2. The molecule has 204 valence electrons. The first-order chi connectivity index (χ1) is 19.4. The van der Waals surface area contributed by atoms with Gasteiger partial charge in [-0.15, -0.1) is 0 Å². The second-order valence-corrected chi connectivity index (χ2v) is 11.5. The third kappa shape index (κ3) is 4.30. The first-order valence-corrected chi connectivity index (χ1v) is 14.1. The van der Waals surface area contributed by atoms with Crippen LogP contribution in [0.2, 0.25) is 0 Å². The van der Waals surface area contributed by atoms with Crippen molar-refractivity contribution in [1.29, 1.82) is 0 Å². The van der Waals surface area contributed by atoms with Gasteiger partial charge in [-0.05, 0) is 72.9 Å². The smallest absolute Gasteiger partial charge is 0.235 e. The number of rotatable bonds is 6. The summed E-state index contributed by atoms with van der Waals surface area (Å²) in [6.07, 6.45) is 5.52. The van der Waals surface area contributed by atoms with Gasteiger partial charge in [-0.2, -0.15) is 5.10 Å². The minimum Gasteiger partial charge on any atom is -0.497 e. The number of carbonyl (C=O) groups is 1. The van der Waals surface area contributed by atoms with Crippen LogP contribution in [0.15, 0.2) is 60.7 Å². The number of aromatic amines is 1. The van der Waals surface area contributed by atoms with E-state index in [0.717, 1.165) is 70.8 Å². The van der Waals surface area contributed by atoms with Gasteiger partial charge in [0, 0.05) is 36.6 Å². The van der Waals surface area contributed by atoms with Crippen LogP contribution in [0, 0.1) is 0 Å². The fraction of sp³-hybridized carbons (Fsp3) is 0.333. The number of hydrogen-bond acceptors (Lipinski definition) is 5. The van der Waals surface area contributed by atoms with Gasteiger partial charge in [0.25, 0.3) is 0 Å². The SMILES string of the molecule is COc1ccc2c(c1)C1(CC1c1ccc3c(/C=C/c4ccc(CN5CC(C)OC(C)C5)cc4)n[nH]c3c1)C(=O)N2. The second kappa shape index (κ2) is 9.61. The molecular formula is C33H34N4O3. The molecule has 7 nitrogen and oxygen atoms in total. The van der Waals surface area contributed by atoms with Crippen LogP contribution < -0.4 is 10.1 Å². The van der Waals surface area contributed by atoms with Gasteiger partial charge in [-0.25, -0.2) is 0 Å². The zero-order valence-corrected chi connectivity index (χ0v) is 23.1. The van der Waals surface area contributed by atoms with E-state index in [9.17, 15) is 4.79 Å². The summed E-state index contributed by atoms with van der Waals surface area (Å²) in [7, 11) is 1.66. The Morgan fingerprint density at radius 3 is 2.62 bits per heavy atom. The van der Waals surface area contributed by atoms with Gasteiger partial charge < -0.3 is 14.8 Å². The van der Waals surface area contributed by atoms with Crippen LogP contribution in [-0.2, 0) is 21.5 Å². The Morgan fingerprint density at radius 2 is 1.85 bits per heavy atom. The van der Waals surface area contributed by atoms with Crippen LogP contribution in [0.25, 0.3) is 23.1 Å². The Labute approximate surface area is 234 Å². The lowest BCUT2D eigenvalue weighted by atomic mass is 9.91. The number of ether oxygens (including phenoxy) is 2. The van der Waals surface area contributed by atoms with Gasteiger partial charge in [0.15, 0.2) is 0 Å². The van der Waals surface area contributed by atoms with Gasteiger partial charge >= 0.3 is 0 Å². The highest BCUT2D eigenvalue weighted by Gasteiger charge is 2.65. The van der Waals surface area contributed by atoms with Crippen LogP contribution in [0.4, 0.5) is 5.69 Å². The normalized spacial score (nSPS) is 26.0. The predicted octanol–water partition coefficient (Wildman–Crippen LogP) is 5.73. The number of H-pyrrole nitrogens is 1. The molecule has 3 aliphatic rings. The molecule has 2 fully saturated rings. The number of fused-ring (bicyclic) bond motifs is 3. The predicted molar refractivity (Wildman–Crippen MR) is 157 cm³/mol. The summed E-state index contributed by atoms with van der Waals surface area (Å²) >= 11 is 0. The van der Waals surface area contributed by atoms with E-state index in [0.29, 0.717) is 0 Å². The number of anilines is 1. The molecule has 7 heteroatoms. The summed E-state index contributed by atoms with van der Waals surface area (Å²) in [5.41, 5.74) is 6.90. The molecule has 40 heavy (non-hydrogen) atoms. The minimum atomic E-state index is -0.509. The molecule has 4 atom stereocenters. The van der Waals surface area contributed by atoms with E-state index in [1.807, 2.05) is 18.2 Å². The fourth-order valence-corrected chi connectivity index (χ4v) is 6.68. The van der Waals surface area contributed by atoms with Crippen molar-refractivity contribution < 1.29 is 14.3 Å². The lowest BCUT2D eigenvalue weighted by Crippen LogP contribution is -2.44. The third-order valence-corrected chi connectivity index (χ3v) is 8.66. The molecule has 3 aromatic carbocycles. The van der Waals surface area contributed by atoms with Crippen LogP contribution in [0.5, 0.6) is 5.75 Å². The van der Waals surface area contributed by atoms with Crippen molar-refractivity contribution >= 4 is 34.6 Å². The van der Waals surface area contributed by atoms with Gasteiger partial charge in [0.1, 0.15) is 5.75 Å². The van der Waals surface area contributed by atoms with E-state index in [1.165, 1.54) is 5.56 Å². The fourth-order valence-electron chi connectivity index (χ4n) is 6.68. The summed E-state index contributed by atoms with van der Waals surface area (Å²) in [5, 5.41) is 11.9. The lowest BCUT2D eigenvalue weighted by molar-refractivity contribution is -0.118. The molecule has 4 aromatic rings. The summed E-state index contributed by atoms with van der Waals surface area (Å²) in [6, 6.07) is 21.0. The Bertz CT molecular complexity index is 1610. The largest absolute Gasteiger partial charge is 0.497 e. The van der Waals surface area contributed by atoms with Gasteiger partial charge in [0.2, 0.25) is 5.91 Å². The van der Waals surface area contributed by atoms with Crippen LogP contribution in [0.3, 0.4) is 0 Å². The molecule has 1 aliphatic carbocycles. The number of carbonyl (C=O) groups excluding carboxylic acids is 1. The van der Waals surface area contributed by atoms with Crippen molar-refractivity contribution in [2.75, 3.05) is 25.5 Å². The number of aromatic nitrogens is 2. The van der Waals surface area contributed by atoms with E-state index in [-0.39, 0.29) is 24.0 Å². The highest BCUT2D eigenvalue weighted by atomic mass is 16.5. The minimum absolute atomic E-state index is 0.0779. The van der Waals surface area contributed by atoms with E-state index in [2.05, 4.69) is 88.9 Å². The summed E-state index contributed by atoms with van der Waals surface area (Å²) in [5.74, 6) is 0.987. The van der Waals surface area contributed by atoms with Gasteiger partial charge in [-0.1, -0.05) is 42.5 Å². The molecule has 4 unspecified atom stereocenters. The van der Waals surface area contributed by atoms with Crippen molar-refractivity contribution in [2.45, 2.75) is 50.4 Å². The molecule has 7 rings (SSSR count). The zero-order valence-electron chi connectivity index (χ0n) is 23.1.